The summed E-state index contributed by atoms with van der Waals surface area (Å²) in [4.78, 5) is 10.6. The molecule has 1 aromatic rings. The molecule has 0 fully saturated rings. The van der Waals surface area contributed by atoms with Gasteiger partial charge in [-0.15, -0.1) is 0 Å². The van der Waals surface area contributed by atoms with E-state index in [2.05, 4.69) is 0 Å². The quantitative estimate of drug-likeness (QED) is 0.744. The second kappa shape index (κ2) is 5.20. The van der Waals surface area contributed by atoms with Crippen LogP contribution < -0.4 is 0 Å². The van der Waals surface area contributed by atoms with Crippen molar-refractivity contribution in [1.29, 1.82) is 0 Å². The zero-order valence-corrected chi connectivity index (χ0v) is 8.60. The number of phenols is 1. The Morgan fingerprint density at radius 2 is 2.07 bits per heavy atom. The van der Waals surface area contributed by atoms with Gasteiger partial charge < -0.3 is 10.2 Å². The first-order valence-corrected chi connectivity index (χ1v) is 4.87. The minimum absolute atomic E-state index is 0.124. The van der Waals surface area contributed by atoms with Crippen molar-refractivity contribution in [1.82, 2.24) is 0 Å². The number of allylic oxidation sites excluding steroid dienone is 1. The molecule has 0 unspecified atom stereocenters. The van der Waals surface area contributed by atoms with Crippen molar-refractivity contribution >= 4 is 11.5 Å². The Balaban J connectivity index is 3.10. The van der Waals surface area contributed by atoms with E-state index in [0.29, 0.717) is 17.6 Å². The molecule has 0 aromatic heterocycles. The Morgan fingerprint density at radius 3 is 2.60 bits per heavy atom. The van der Waals surface area contributed by atoms with Crippen LogP contribution in [0, 0.1) is 0 Å². The molecule has 0 spiro atoms. The van der Waals surface area contributed by atoms with Gasteiger partial charge in [-0.2, -0.15) is 0 Å². The molecule has 3 heteroatoms. The number of rotatable bonds is 4. The number of carboxylic acids is 1. The average Bonchev–Trinajstić information content (AvgIpc) is 2.17. The first-order valence-electron chi connectivity index (χ1n) is 4.87. The van der Waals surface area contributed by atoms with Crippen LogP contribution in [-0.2, 0) is 4.79 Å². The minimum atomic E-state index is -0.985. The molecule has 15 heavy (non-hydrogen) atoms. The second-order valence-electron chi connectivity index (χ2n) is 3.27. The van der Waals surface area contributed by atoms with E-state index >= 15 is 0 Å². The third-order valence-corrected chi connectivity index (χ3v) is 2.07. The van der Waals surface area contributed by atoms with Gasteiger partial charge in [-0.3, -0.25) is 0 Å². The molecule has 1 aromatic carbocycles. The lowest BCUT2D eigenvalue weighted by molar-refractivity contribution is -0.131. The molecule has 0 saturated carbocycles. The maximum Gasteiger partial charge on any atom is 0.328 e. The molecule has 0 heterocycles. The predicted octanol–water partition coefficient (Wildman–Crippen LogP) is 2.66. The molecule has 0 atom stereocenters. The van der Waals surface area contributed by atoms with Crippen molar-refractivity contribution in [2.24, 2.45) is 0 Å². The van der Waals surface area contributed by atoms with Crippen molar-refractivity contribution in [3.05, 3.63) is 35.9 Å². The van der Waals surface area contributed by atoms with Gasteiger partial charge >= 0.3 is 5.97 Å². The molecule has 0 aliphatic heterocycles. The normalized spacial score (nSPS) is 11.4. The zero-order valence-electron chi connectivity index (χ0n) is 8.60. The number of aliphatic carboxylic acids is 1. The van der Waals surface area contributed by atoms with Gasteiger partial charge in [0.2, 0.25) is 0 Å². The highest BCUT2D eigenvalue weighted by Gasteiger charge is 2.07. The number of hydrogen-bond acceptors (Lipinski definition) is 2. The summed E-state index contributed by atoms with van der Waals surface area (Å²) in [5, 5.41) is 18.3. The van der Waals surface area contributed by atoms with E-state index in [1.54, 1.807) is 24.3 Å². The molecule has 1 rings (SSSR count). The lowest BCUT2D eigenvalue weighted by Crippen LogP contribution is -1.93. The first kappa shape index (κ1) is 11.3. The fourth-order valence-corrected chi connectivity index (χ4v) is 1.45. The number of carbonyl (C=O) groups is 1. The van der Waals surface area contributed by atoms with Crippen LogP contribution in [0.4, 0.5) is 0 Å². The molecule has 80 valence electrons. The Bertz CT molecular complexity index is 380. The van der Waals surface area contributed by atoms with Gasteiger partial charge in [-0.1, -0.05) is 31.5 Å². The Morgan fingerprint density at radius 1 is 1.40 bits per heavy atom. The van der Waals surface area contributed by atoms with E-state index in [0.717, 1.165) is 12.5 Å². The van der Waals surface area contributed by atoms with Gasteiger partial charge in [0.1, 0.15) is 5.75 Å². The Kier molecular flexibility index (Phi) is 3.92. The standard InChI is InChI=1S/C12H14O3/c1-2-5-9(8-12(14)15)10-6-3-4-7-11(10)13/h3-4,6-8,13H,2,5H2,1H3,(H,14,15)/b9-8+. The van der Waals surface area contributed by atoms with Crippen LogP contribution in [-0.4, -0.2) is 16.2 Å². The lowest BCUT2D eigenvalue weighted by Gasteiger charge is -2.07. The van der Waals surface area contributed by atoms with Crippen molar-refractivity contribution in [3.63, 3.8) is 0 Å². The van der Waals surface area contributed by atoms with Crippen LogP contribution >= 0.6 is 0 Å². The fourth-order valence-electron chi connectivity index (χ4n) is 1.45. The average molecular weight is 206 g/mol. The summed E-state index contributed by atoms with van der Waals surface area (Å²) in [5.41, 5.74) is 1.25. The monoisotopic (exact) mass is 206 g/mol. The lowest BCUT2D eigenvalue weighted by atomic mass is 10.0. The first-order chi connectivity index (χ1) is 7.15. The number of hydrogen-bond donors (Lipinski definition) is 2. The van der Waals surface area contributed by atoms with Crippen LogP contribution in [0.1, 0.15) is 25.3 Å². The molecule has 0 saturated heterocycles. The molecule has 0 radical (unpaired) electrons. The summed E-state index contributed by atoms with van der Waals surface area (Å²) in [6.45, 7) is 1.97. The molecule has 0 aliphatic rings. The van der Waals surface area contributed by atoms with Crippen LogP contribution in [0.2, 0.25) is 0 Å². The third kappa shape index (κ3) is 3.13. The van der Waals surface area contributed by atoms with Gasteiger partial charge in [0.15, 0.2) is 0 Å². The smallest absolute Gasteiger partial charge is 0.328 e. The summed E-state index contributed by atoms with van der Waals surface area (Å²) in [5.74, 6) is -0.861. The molecule has 0 bridgehead atoms. The highest BCUT2D eigenvalue weighted by atomic mass is 16.4. The molecule has 2 N–H and O–H groups in total. The summed E-state index contributed by atoms with van der Waals surface area (Å²) >= 11 is 0. The van der Waals surface area contributed by atoms with Crippen molar-refractivity contribution in [2.75, 3.05) is 0 Å². The Labute approximate surface area is 88.7 Å². The SMILES string of the molecule is CCC/C(=C\C(=O)O)c1ccccc1O. The van der Waals surface area contributed by atoms with E-state index in [-0.39, 0.29) is 5.75 Å². The van der Waals surface area contributed by atoms with E-state index in [1.807, 2.05) is 6.92 Å². The maximum absolute atomic E-state index is 10.6. The van der Waals surface area contributed by atoms with Crippen LogP contribution in [0.15, 0.2) is 30.3 Å². The van der Waals surface area contributed by atoms with Crippen LogP contribution in [0.3, 0.4) is 0 Å². The van der Waals surface area contributed by atoms with E-state index in [9.17, 15) is 9.90 Å². The largest absolute Gasteiger partial charge is 0.507 e. The molecular weight excluding hydrogens is 192 g/mol. The third-order valence-electron chi connectivity index (χ3n) is 2.07. The van der Waals surface area contributed by atoms with Gasteiger partial charge in [-0.05, 0) is 18.1 Å². The summed E-state index contributed by atoms with van der Waals surface area (Å²) < 4.78 is 0. The molecule has 0 amide bonds. The fraction of sp³-hybridized carbons (Fsp3) is 0.250. The highest BCUT2D eigenvalue weighted by Crippen LogP contribution is 2.27. The Hall–Kier alpha value is -1.77. The number of phenolic OH excluding ortho intramolecular Hbond substituents is 1. The number of para-hydroxylation sites is 1. The molecule has 3 nitrogen and oxygen atoms in total. The number of aromatic hydroxyl groups is 1. The highest BCUT2D eigenvalue weighted by molar-refractivity contribution is 5.90. The van der Waals surface area contributed by atoms with Gasteiger partial charge in [0, 0.05) is 11.6 Å². The maximum atomic E-state index is 10.6. The van der Waals surface area contributed by atoms with E-state index < -0.39 is 5.97 Å². The second-order valence-corrected chi connectivity index (χ2v) is 3.27. The van der Waals surface area contributed by atoms with Gasteiger partial charge in [-0.25, -0.2) is 4.79 Å². The van der Waals surface area contributed by atoms with Crippen LogP contribution in [0.5, 0.6) is 5.75 Å². The van der Waals surface area contributed by atoms with Crippen molar-refractivity contribution < 1.29 is 15.0 Å². The number of benzene rings is 1. The predicted molar refractivity (Wildman–Crippen MR) is 58.6 cm³/mol. The van der Waals surface area contributed by atoms with Crippen molar-refractivity contribution in [2.45, 2.75) is 19.8 Å². The topological polar surface area (TPSA) is 57.5 Å². The van der Waals surface area contributed by atoms with E-state index in [4.69, 9.17) is 5.11 Å². The van der Waals surface area contributed by atoms with E-state index in [1.165, 1.54) is 0 Å². The van der Waals surface area contributed by atoms with Crippen molar-refractivity contribution in [3.8, 4) is 5.75 Å². The molecular formula is C12H14O3. The summed E-state index contributed by atoms with van der Waals surface area (Å²) in [7, 11) is 0. The number of carboxylic acid groups (broad SMARTS) is 1. The van der Waals surface area contributed by atoms with Gasteiger partial charge in [0.05, 0.1) is 0 Å². The minimum Gasteiger partial charge on any atom is -0.507 e. The van der Waals surface area contributed by atoms with Crippen LogP contribution in [0.25, 0.3) is 5.57 Å². The summed E-state index contributed by atoms with van der Waals surface area (Å²) in [6.07, 6.45) is 2.63. The zero-order chi connectivity index (χ0) is 11.3. The summed E-state index contributed by atoms with van der Waals surface area (Å²) in [6, 6.07) is 6.77. The molecule has 0 aliphatic carbocycles. The van der Waals surface area contributed by atoms with Gasteiger partial charge in [0.25, 0.3) is 0 Å².